The van der Waals surface area contributed by atoms with Crippen LogP contribution in [0.5, 0.6) is 0 Å². The maximum Gasteiger partial charge on any atom is 0.137 e. The summed E-state index contributed by atoms with van der Waals surface area (Å²) in [5, 5.41) is 3.36. The standard InChI is InChI=1S/C12H16BrFN2/c13-11-3-2-10(8-12(11)14)9-16-6-1-4-15-5-7-16/h2-3,8,15H,1,4-7,9H2. The van der Waals surface area contributed by atoms with E-state index < -0.39 is 0 Å². The Morgan fingerprint density at radius 1 is 1.31 bits per heavy atom. The second kappa shape index (κ2) is 5.75. The first-order chi connectivity index (χ1) is 7.75. The minimum atomic E-state index is -0.176. The molecule has 0 spiro atoms. The fourth-order valence-electron chi connectivity index (χ4n) is 1.96. The maximum atomic E-state index is 13.3. The normalized spacial score (nSPS) is 18.4. The Bertz CT molecular complexity index is 349. The molecule has 1 aromatic rings. The molecule has 1 saturated heterocycles. The van der Waals surface area contributed by atoms with Gasteiger partial charge in [0.1, 0.15) is 5.82 Å². The van der Waals surface area contributed by atoms with Crippen LogP contribution in [0.2, 0.25) is 0 Å². The van der Waals surface area contributed by atoms with Gasteiger partial charge < -0.3 is 5.32 Å². The molecule has 1 aliphatic heterocycles. The van der Waals surface area contributed by atoms with Crippen molar-refractivity contribution < 1.29 is 4.39 Å². The zero-order valence-corrected chi connectivity index (χ0v) is 10.8. The zero-order valence-electron chi connectivity index (χ0n) is 9.18. The summed E-state index contributed by atoms with van der Waals surface area (Å²) in [5.41, 5.74) is 1.04. The highest BCUT2D eigenvalue weighted by atomic mass is 79.9. The average molecular weight is 287 g/mol. The van der Waals surface area contributed by atoms with Crippen molar-refractivity contribution in [3.63, 3.8) is 0 Å². The molecule has 0 bridgehead atoms. The lowest BCUT2D eigenvalue weighted by Crippen LogP contribution is -2.27. The molecule has 2 rings (SSSR count). The number of nitrogens with one attached hydrogen (secondary N) is 1. The number of nitrogens with zero attached hydrogens (tertiary/aromatic N) is 1. The molecule has 0 aromatic heterocycles. The van der Waals surface area contributed by atoms with Crippen molar-refractivity contribution in [2.45, 2.75) is 13.0 Å². The molecule has 1 aromatic carbocycles. The van der Waals surface area contributed by atoms with Gasteiger partial charge in [0.2, 0.25) is 0 Å². The minimum Gasteiger partial charge on any atom is -0.315 e. The largest absolute Gasteiger partial charge is 0.315 e. The van der Waals surface area contributed by atoms with Gasteiger partial charge in [-0.25, -0.2) is 4.39 Å². The lowest BCUT2D eigenvalue weighted by Gasteiger charge is -2.19. The molecule has 4 heteroatoms. The first-order valence-electron chi connectivity index (χ1n) is 5.63. The molecule has 0 saturated carbocycles. The predicted octanol–water partition coefficient (Wildman–Crippen LogP) is 2.38. The van der Waals surface area contributed by atoms with E-state index in [-0.39, 0.29) is 5.82 Å². The summed E-state index contributed by atoms with van der Waals surface area (Å²) >= 11 is 3.17. The summed E-state index contributed by atoms with van der Waals surface area (Å²) in [6.45, 7) is 5.08. The molecule has 2 nitrogen and oxygen atoms in total. The number of hydrogen-bond acceptors (Lipinski definition) is 2. The van der Waals surface area contributed by atoms with Gasteiger partial charge >= 0.3 is 0 Å². The van der Waals surface area contributed by atoms with Gasteiger partial charge in [-0.3, -0.25) is 4.90 Å². The molecule has 16 heavy (non-hydrogen) atoms. The lowest BCUT2D eigenvalue weighted by atomic mass is 10.2. The summed E-state index contributed by atoms with van der Waals surface area (Å²) in [7, 11) is 0. The predicted molar refractivity (Wildman–Crippen MR) is 66.9 cm³/mol. The minimum absolute atomic E-state index is 0.176. The van der Waals surface area contributed by atoms with Crippen molar-refractivity contribution in [1.82, 2.24) is 10.2 Å². The number of rotatable bonds is 2. The van der Waals surface area contributed by atoms with Crippen LogP contribution < -0.4 is 5.32 Å². The Morgan fingerprint density at radius 2 is 2.19 bits per heavy atom. The number of hydrogen-bond donors (Lipinski definition) is 1. The molecule has 0 amide bonds. The molecule has 0 radical (unpaired) electrons. The third-order valence-electron chi connectivity index (χ3n) is 2.82. The smallest absolute Gasteiger partial charge is 0.137 e. The molecule has 1 aliphatic rings. The molecule has 0 unspecified atom stereocenters. The van der Waals surface area contributed by atoms with Crippen molar-refractivity contribution in [3.8, 4) is 0 Å². The highest BCUT2D eigenvalue weighted by Crippen LogP contribution is 2.17. The van der Waals surface area contributed by atoms with Crippen molar-refractivity contribution in [2.75, 3.05) is 26.2 Å². The summed E-state index contributed by atoms with van der Waals surface area (Å²) < 4.78 is 13.9. The van der Waals surface area contributed by atoms with E-state index in [0.29, 0.717) is 4.47 Å². The van der Waals surface area contributed by atoms with E-state index in [2.05, 4.69) is 26.1 Å². The van der Waals surface area contributed by atoms with Crippen LogP contribution in [0.1, 0.15) is 12.0 Å². The van der Waals surface area contributed by atoms with Crippen LogP contribution in [0.3, 0.4) is 0 Å². The Labute approximate surface area is 104 Å². The van der Waals surface area contributed by atoms with E-state index in [9.17, 15) is 4.39 Å². The van der Waals surface area contributed by atoms with Crippen molar-refractivity contribution in [3.05, 3.63) is 34.1 Å². The summed E-state index contributed by atoms with van der Waals surface area (Å²) in [6.07, 6.45) is 1.17. The van der Waals surface area contributed by atoms with Crippen molar-refractivity contribution in [2.24, 2.45) is 0 Å². The van der Waals surface area contributed by atoms with Crippen LogP contribution in [0.15, 0.2) is 22.7 Å². The van der Waals surface area contributed by atoms with Crippen molar-refractivity contribution >= 4 is 15.9 Å². The third-order valence-corrected chi connectivity index (χ3v) is 3.47. The number of benzene rings is 1. The molecule has 0 aliphatic carbocycles. The van der Waals surface area contributed by atoms with Crippen molar-refractivity contribution in [1.29, 1.82) is 0 Å². The first-order valence-corrected chi connectivity index (χ1v) is 6.42. The molecule has 88 valence electrons. The fourth-order valence-corrected chi connectivity index (χ4v) is 2.20. The Hall–Kier alpha value is -0.450. The topological polar surface area (TPSA) is 15.3 Å². The summed E-state index contributed by atoms with van der Waals surface area (Å²) in [5.74, 6) is -0.176. The van der Waals surface area contributed by atoms with Crippen LogP contribution in [0, 0.1) is 5.82 Å². The summed E-state index contributed by atoms with van der Waals surface area (Å²) in [4.78, 5) is 2.36. The molecule has 1 fully saturated rings. The molecule has 1 N–H and O–H groups in total. The monoisotopic (exact) mass is 286 g/mol. The molecular formula is C12H16BrFN2. The Morgan fingerprint density at radius 3 is 3.00 bits per heavy atom. The molecular weight excluding hydrogens is 271 g/mol. The second-order valence-corrected chi connectivity index (χ2v) is 4.98. The lowest BCUT2D eigenvalue weighted by molar-refractivity contribution is 0.284. The Kier molecular flexibility index (Phi) is 4.32. The van der Waals surface area contributed by atoms with Crippen LogP contribution in [0.25, 0.3) is 0 Å². The van der Waals surface area contributed by atoms with Crippen LogP contribution in [-0.2, 0) is 6.54 Å². The maximum absolute atomic E-state index is 13.3. The van der Waals surface area contributed by atoms with Crippen LogP contribution >= 0.6 is 15.9 Å². The molecule has 0 atom stereocenters. The summed E-state index contributed by atoms with van der Waals surface area (Å²) in [6, 6.07) is 5.37. The number of halogens is 2. The van der Waals surface area contributed by atoms with Gasteiger partial charge in [0, 0.05) is 19.6 Å². The van der Waals surface area contributed by atoms with Gasteiger partial charge in [0.05, 0.1) is 4.47 Å². The van der Waals surface area contributed by atoms with E-state index in [0.717, 1.165) is 38.3 Å². The van der Waals surface area contributed by atoms with Crippen LogP contribution in [0.4, 0.5) is 4.39 Å². The second-order valence-electron chi connectivity index (χ2n) is 4.13. The van der Waals surface area contributed by atoms with Gasteiger partial charge in [-0.15, -0.1) is 0 Å². The quantitative estimate of drug-likeness (QED) is 0.898. The zero-order chi connectivity index (χ0) is 11.4. The van der Waals surface area contributed by atoms with E-state index in [1.54, 1.807) is 12.1 Å². The molecule has 1 heterocycles. The fraction of sp³-hybridized carbons (Fsp3) is 0.500. The highest BCUT2D eigenvalue weighted by Gasteiger charge is 2.09. The highest BCUT2D eigenvalue weighted by molar-refractivity contribution is 9.10. The Balaban J connectivity index is 1.99. The van der Waals surface area contributed by atoms with Gasteiger partial charge in [-0.05, 0) is 53.1 Å². The SMILES string of the molecule is Fc1cc(CN2CCCNCC2)ccc1Br. The van der Waals surface area contributed by atoms with E-state index in [4.69, 9.17) is 0 Å². The third kappa shape index (κ3) is 3.27. The van der Waals surface area contributed by atoms with E-state index in [1.165, 1.54) is 6.42 Å². The van der Waals surface area contributed by atoms with Crippen LogP contribution in [-0.4, -0.2) is 31.1 Å². The first kappa shape index (κ1) is 12.0. The van der Waals surface area contributed by atoms with E-state index >= 15 is 0 Å². The van der Waals surface area contributed by atoms with Gasteiger partial charge in [0.15, 0.2) is 0 Å². The van der Waals surface area contributed by atoms with Gasteiger partial charge in [-0.2, -0.15) is 0 Å². The van der Waals surface area contributed by atoms with E-state index in [1.807, 2.05) is 6.07 Å². The van der Waals surface area contributed by atoms with Gasteiger partial charge in [-0.1, -0.05) is 6.07 Å². The average Bonchev–Trinajstić information content (AvgIpc) is 2.52. The van der Waals surface area contributed by atoms with Gasteiger partial charge in [0.25, 0.3) is 0 Å².